The number of anilines is 1. The van der Waals surface area contributed by atoms with E-state index in [9.17, 15) is 9.90 Å². The van der Waals surface area contributed by atoms with E-state index in [1.165, 1.54) is 16.3 Å². The van der Waals surface area contributed by atoms with E-state index in [1.54, 1.807) is 18.2 Å². The molecule has 0 saturated heterocycles. The van der Waals surface area contributed by atoms with Gasteiger partial charge in [0.1, 0.15) is 0 Å². The summed E-state index contributed by atoms with van der Waals surface area (Å²) >= 11 is 1.36. The van der Waals surface area contributed by atoms with Crippen LogP contribution < -0.4 is 5.73 Å². The van der Waals surface area contributed by atoms with Crippen molar-refractivity contribution in [2.45, 2.75) is 24.5 Å². The van der Waals surface area contributed by atoms with E-state index in [2.05, 4.69) is 15.0 Å². The van der Waals surface area contributed by atoms with Crippen molar-refractivity contribution in [3.05, 3.63) is 35.4 Å². The van der Waals surface area contributed by atoms with E-state index in [0.29, 0.717) is 34.1 Å². The highest BCUT2D eigenvalue weighted by atomic mass is 32.2. The number of aromatic hydroxyl groups is 1. The van der Waals surface area contributed by atoms with E-state index < -0.39 is 5.97 Å². The number of carboxylic acids is 1. The molecule has 0 unspecified atom stereocenters. The molecule has 0 saturated carbocycles. The summed E-state index contributed by atoms with van der Waals surface area (Å²) in [7, 11) is 0. The number of hydrogen-bond acceptors (Lipinski definition) is 8. The molecule has 27 heavy (non-hydrogen) atoms. The minimum absolute atomic E-state index is 0.0781. The molecule has 2 aromatic heterocycles. The number of hydrogen-bond donors (Lipinski definition) is 4. The van der Waals surface area contributed by atoms with Gasteiger partial charge in [-0.05, 0) is 17.5 Å². The summed E-state index contributed by atoms with van der Waals surface area (Å²) in [5.41, 5.74) is 8.12. The lowest BCUT2D eigenvalue weighted by Crippen LogP contribution is -2.05. The number of aliphatic hydroxyl groups excluding tert-OH is 1. The monoisotopic (exact) mass is 389 g/mol. The normalized spacial score (nSPS) is 11.1. The number of imidazole rings is 1. The Kier molecular flexibility index (Phi) is 5.77. The summed E-state index contributed by atoms with van der Waals surface area (Å²) in [4.78, 5) is 23.6. The van der Waals surface area contributed by atoms with Gasteiger partial charge < -0.3 is 21.1 Å². The Morgan fingerprint density at radius 2 is 2.00 bits per heavy atom. The Morgan fingerprint density at radius 3 is 2.74 bits per heavy atom. The Bertz CT molecular complexity index is 975. The SMILES string of the molecule is Nc1nc(SCCCO)nc2c1nc(O)n2Cc1cccc(CC(=O)O)c1. The number of fused-ring (bicyclic) bond motifs is 1. The second kappa shape index (κ2) is 8.23. The highest BCUT2D eigenvalue weighted by molar-refractivity contribution is 7.99. The minimum atomic E-state index is -0.909. The van der Waals surface area contributed by atoms with Crippen LogP contribution in [0.1, 0.15) is 17.5 Å². The lowest BCUT2D eigenvalue weighted by atomic mass is 10.1. The molecule has 5 N–H and O–H groups in total. The van der Waals surface area contributed by atoms with Crippen molar-refractivity contribution in [3.63, 3.8) is 0 Å². The smallest absolute Gasteiger partial charge is 0.307 e. The van der Waals surface area contributed by atoms with Crippen molar-refractivity contribution in [1.82, 2.24) is 19.5 Å². The van der Waals surface area contributed by atoms with Gasteiger partial charge in [0.05, 0.1) is 13.0 Å². The molecule has 3 rings (SSSR count). The Balaban J connectivity index is 1.94. The molecule has 142 valence electrons. The van der Waals surface area contributed by atoms with Gasteiger partial charge in [0, 0.05) is 12.4 Å². The van der Waals surface area contributed by atoms with E-state index in [4.69, 9.17) is 15.9 Å². The quantitative estimate of drug-likeness (QED) is 0.254. The fraction of sp³-hybridized carbons (Fsp3) is 0.294. The van der Waals surface area contributed by atoms with Gasteiger partial charge in [-0.2, -0.15) is 4.98 Å². The van der Waals surface area contributed by atoms with Crippen LogP contribution in [0.2, 0.25) is 0 Å². The number of aliphatic hydroxyl groups is 1. The predicted octanol–water partition coefficient (Wildman–Crippen LogP) is 1.26. The summed E-state index contributed by atoms with van der Waals surface area (Å²) in [6.07, 6.45) is 0.526. The van der Waals surface area contributed by atoms with Crippen molar-refractivity contribution in [1.29, 1.82) is 0 Å². The second-order valence-corrected chi connectivity index (χ2v) is 6.94. The molecule has 0 atom stereocenters. The number of rotatable bonds is 8. The van der Waals surface area contributed by atoms with Crippen molar-refractivity contribution in [2.24, 2.45) is 0 Å². The van der Waals surface area contributed by atoms with Crippen LogP contribution in [-0.2, 0) is 17.8 Å². The maximum atomic E-state index is 10.9. The Hall–Kier alpha value is -2.85. The summed E-state index contributed by atoms with van der Waals surface area (Å²) in [6.45, 7) is 0.336. The third kappa shape index (κ3) is 4.47. The lowest BCUT2D eigenvalue weighted by molar-refractivity contribution is -0.136. The predicted molar refractivity (Wildman–Crippen MR) is 101 cm³/mol. The average Bonchev–Trinajstić information content (AvgIpc) is 2.92. The molecular weight excluding hydrogens is 370 g/mol. The summed E-state index contributed by atoms with van der Waals surface area (Å²) in [5, 5.41) is 28.5. The summed E-state index contributed by atoms with van der Waals surface area (Å²) < 4.78 is 1.50. The van der Waals surface area contributed by atoms with E-state index in [0.717, 1.165) is 5.56 Å². The highest BCUT2D eigenvalue weighted by Gasteiger charge is 2.17. The zero-order valence-corrected chi connectivity index (χ0v) is 15.2. The number of nitrogen functional groups attached to an aromatic ring is 1. The zero-order valence-electron chi connectivity index (χ0n) is 14.4. The minimum Gasteiger partial charge on any atom is -0.481 e. The van der Waals surface area contributed by atoms with Gasteiger partial charge in [0.2, 0.25) is 0 Å². The molecule has 0 radical (unpaired) electrons. The molecule has 2 heterocycles. The van der Waals surface area contributed by atoms with Gasteiger partial charge in [-0.1, -0.05) is 36.0 Å². The topological polar surface area (TPSA) is 147 Å². The molecule has 0 fully saturated rings. The Labute approximate surface area is 158 Å². The van der Waals surface area contributed by atoms with Crippen LogP contribution in [0.3, 0.4) is 0 Å². The molecule has 0 aliphatic carbocycles. The first-order valence-electron chi connectivity index (χ1n) is 8.24. The van der Waals surface area contributed by atoms with Crippen LogP contribution in [0.15, 0.2) is 29.4 Å². The maximum absolute atomic E-state index is 10.9. The third-order valence-electron chi connectivity index (χ3n) is 3.80. The number of carboxylic acid groups (broad SMARTS) is 1. The van der Waals surface area contributed by atoms with Gasteiger partial charge in [0.15, 0.2) is 22.1 Å². The van der Waals surface area contributed by atoms with Gasteiger partial charge in [0.25, 0.3) is 6.01 Å². The van der Waals surface area contributed by atoms with Crippen LogP contribution in [0.5, 0.6) is 6.01 Å². The largest absolute Gasteiger partial charge is 0.481 e. The van der Waals surface area contributed by atoms with Crippen LogP contribution in [0.4, 0.5) is 5.82 Å². The number of aliphatic carboxylic acids is 1. The first kappa shape index (κ1) is 18.9. The zero-order chi connectivity index (χ0) is 19.4. The molecule has 0 amide bonds. The molecule has 0 spiro atoms. The number of carbonyl (C=O) groups is 1. The fourth-order valence-corrected chi connectivity index (χ4v) is 3.39. The molecule has 9 nitrogen and oxygen atoms in total. The van der Waals surface area contributed by atoms with E-state index in [-0.39, 0.29) is 31.4 Å². The fourth-order valence-electron chi connectivity index (χ4n) is 2.62. The molecule has 3 aromatic rings. The van der Waals surface area contributed by atoms with Crippen LogP contribution >= 0.6 is 11.8 Å². The lowest BCUT2D eigenvalue weighted by Gasteiger charge is -2.08. The number of nitrogens with zero attached hydrogens (tertiary/aromatic N) is 4. The highest BCUT2D eigenvalue weighted by Crippen LogP contribution is 2.27. The van der Waals surface area contributed by atoms with Crippen molar-refractivity contribution >= 4 is 34.7 Å². The van der Waals surface area contributed by atoms with Crippen LogP contribution in [0.25, 0.3) is 11.2 Å². The molecule has 0 bridgehead atoms. The summed E-state index contributed by atoms with van der Waals surface area (Å²) in [6, 6.07) is 6.86. The molecular formula is C17H19N5O4S. The standard InChI is InChI=1S/C17H19N5O4S/c18-14-13-15(21-16(20-14)27-6-2-5-23)22(17(26)19-13)9-11-4-1-3-10(7-11)8-12(24)25/h1,3-4,7,23H,2,5-6,8-9H2,(H,19,26)(H,24,25)(H2,18,20,21). The average molecular weight is 389 g/mol. The first-order valence-corrected chi connectivity index (χ1v) is 9.22. The van der Waals surface area contributed by atoms with E-state index in [1.807, 2.05) is 6.07 Å². The number of benzene rings is 1. The number of nitrogens with two attached hydrogens (primary N) is 1. The van der Waals surface area contributed by atoms with Gasteiger partial charge in [-0.15, -0.1) is 0 Å². The van der Waals surface area contributed by atoms with Gasteiger partial charge >= 0.3 is 5.97 Å². The molecule has 0 aliphatic rings. The summed E-state index contributed by atoms with van der Waals surface area (Å²) in [5.74, 6) is -0.105. The van der Waals surface area contributed by atoms with Gasteiger partial charge in [-0.25, -0.2) is 9.97 Å². The number of thioether (sulfide) groups is 1. The third-order valence-corrected chi connectivity index (χ3v) is 4.74. The Morgan fingerprint density at radius 1 is 1.22 bits per heavy atom. The maximum Gasteiger partial charge on any atom is 0.307 e. The number of aromatic nitrogens is 4. The van der Waals surface area contributed by atoms with Crippen molar-refractivity contribution < 1.29 is 20.1 Å². The second-order valence-electron chi connectivity index (χ2n) is 5.88. The van der Waals surface area contributed by atoms with Crippen LogP contribution in [0, 0.1) is 0 Å². The van der Waals surface area contributed by atoms with Crippen molar-refractivity contribution in [2.75, 3.05) is 18.1 Å². The van der Waals surface area contributed by atoms with Crippen molar-refractivity contribution in [3.8, 4) is 6.01 Å². The van der Waals surface area contributed by atoms with Crippen LogP contribution in [-0.4, -0.2) is 53.2 Å². The van der Waals surface area contributed by atoms with Gasteiger partial charge in [-0.3, -0.25) is 9.36 Å². The first-order chi connectivity index (χ1) is 13.0. The molecule has 10 heteroatoms. The molecule has 1 aromatic carbocycles. The van der Waals surface area contributed by atoms with E-state index >= 15 is 0 Å². The molecule has 0 aliphatic heterocycles.